The van der Waals surface area contributed by atoms with Crippen molar-refractivity contribution in [3.63, 3.8) is 0 Å². The van der Waals surface area contributed by atoms with Crippen LogP contribution in [0.4, 0.5) is 0 Å². The number of nitrogens with one attached hydrogen (secondary N) is 1. The van der Waals surface area contributed by atoms with Crippen LogP contribution in [0.5, 0.6) is 0 Å². The summed E-state index contributed by atoms with van der Waals surface area (Å²) in [6, 6.07) is 6.38. The molecule has 1 N–H and O–H groups in total. The third-order valence-electron chi connectivity index (χ3n) is 5.68. The van der Waals surface area contributed by atoms with Gasteiger partial charge in [0.2, 0.25) is 11.8 Å². The minimum atomic E-state index is -0.813. The van der Waals surface area contributed by atoms with Crippen LogP contribution in [0.2, 0.25) is 0 Å². The Bertz CT molecular complexity index is 881. The fourth-order valence-electron chi connectivity index (χ4n) is 4.14. The standard InChI is InChI=1S/C22H25N3O4S/c26-19-12-16(14-30-19)22(28)25(13-18-6-3-11-29-18)20(15-7-9-23-10-8-15)21(27)24-17-4-1-2-5-17/h3,6-11,16-17,20H,1-2,4-5,12-14H2,(H,24,27)/t16-,20-/m0/s1. The lowest BCUT2D eigenvalue weighted by Crippen LogP contribution is -2.47. The maximum Gasteiger partial charge on any atom is 0.247 e. The number of rotatable bonds is 7. The topological polar surface area (TPSA) is 92.5 Å². The molecule has 0 unspecified atom stereocenters. The molecule has 8 heteroatoms. The highest BCUT2D eigenvalue weighted by molar-refractivity contribution is 8.14. The molecule has 0 aromatic carbocycles. The molecule has 2 fully saturated rings. The van der Waals surface area contributed by atoms with Crippen LogP contribution in [-0.4, -0.2) is 38.6 Å². The molecule has 2 aromatic rings. The Morgan fingerprint density at radius 1 is 1.23 bits per heavy atom. The van der Waals surface area contributed by atoms with Crippen molar-refractivity contribution in [1.82, 2.24) is 15.2 Å². The summed E-state index contributed by atoms with van der Waals surface area (Å²) in [7, 11) is 0. The number of hydrogen-bond donors (Lipinski definition) is 1. The number of nitrogens with zero attached hydrogens (tertiary/aromatic N) is 2. The van der Waals surface area contributed by atoms with Gasteiger partial charge in [0.05, 0.1) is 18.7 Å². The predicted molar refractivity (Wildman–Crippen MR) is 112 cm³/mol. The minimum absolute atomic E-state index is 0.0159. The van der Waals surface area contributed by atoms with Crippen molar-refractivity contribution in [2.24, 2.45) is 5.92 Å². The maximum atomic E-state index is 13.5. The average Bonchev–Trinajstić information content (AvgIpc) is 3.51. The van der Waals surface area contributed by atoms with Crippen LogP contribution >= 0.6 is 11.8 Å². The van der Waals surface area contributed by atoms with E-state index in [0.717, 1.165) is 25.7 Å². The van der Waals surface area contributed by atoms with Gasteiger partial charge >= 0.3 is 0 Å². The van der Waals surface area contributed by atoms with Crippen LogP contribution in [0.25, 0.3) is 0 Å². The highest BCUT2D eigenvalue weighted by Gasteiger charge is 2.39. The summed E-state index contributed by atoms with van der Waals surface area (Å²) in [4.78, 5) is 44.3. The van der Waals surface area contributed by atoms with Crippen LogP contribution in [0, 0.1) is 5.92 Å². The van der Waals surface area contributed by atoms with Gasteiger partial charge in [-0.25, -0.2) is 0 Å². The smallest absolute Gasteiger partial charge is 0.247 e. The van der Waals surface area contributed by atoms with Crippen LogP contribution in [-0.2, 0) is 20.9 Å². The molecule has 1 aliphatic heterocycles. The molecule has 158 valence electrons. The van der Waals surface area contributed by atoms with Gasteiger partial charge in [-0.05, 0) is 42.7 Å². The molecule has 2 amide bonds. The van der Waals surface area contributed by atoms with E-state index in [0.29, 0.717) is 17.1 Å². The molecule has 1 saturated heterocycles. The Morgan fingerprint density at radius 2 is 2.00 bits per heavy atom. The number of thioether (sulfide) groups is 1. The van der Waals surface area contributed by atoms with Crippen molar-refractivity contribution in [3.8, 4) is 0 Å². The fraction of sp³-hybridized carbons (Fsp3) is 0.455. The van der Waals surface area contributed by atoms with E-state index in [4.69, 9.17) is 4.42 Å². The highest BCUT2D eigenvalue weighted by atomic mass is 32.2. The third kappa shape index (κ3) is 4.75. The summed E-state index contributed by atoms with van der Waals surface area (Å²) in [5.41, 5.74) is 0.692. The normalized spacial score (nSPS) is 20.3. The van der Waals surface area contributed by atoms with E-state index >= 15 is 0 Å². The highest BCUT2D eigenvalue weighted by Crippen LogP contribution is 2.32. The lowest BCUT2D eigenvalue weighted by molar-refractivity contribution is -0.145. The van der Waals surface area contributed by atoms with Crippen LogP contribution in [0.3, 0.4) is 0 Å². The number of pyridine rings is 1. The second kappa shape index (κ2) is 9.47. The van der Waals surface area contributed by atoms with Gasteiger partial charge in [0.25, 0.3) is 0 Å². The Labute approximate surface area is 179 Å². The molecule has 7 nitrogen and oxygen atoms in total. The first kappa shape index (κ1) is 20.7. The number of aromatic nitrogens is 1. The summed E-state index contributed by atoms with van der Waals surface area (Å²) >= 11 is 1.18. The van der Waals surface area contributed by atoms with Crippen LogP contribution < -0.4 is 5.32 Å². The molecule has 0 radical (unpaired) electrons. The van der Waals surface area contributed by atoms with Gasteiger partial charge in [-0.15, -0.1) is 0 Å². The molecule has 2 aromatic heterocycles. The summed E-state index contributed by atoms with van der Waals surface area (Å²) in [5.74, 6) is 0.201. The Balaban J connectivity index is 1.66. The van der Waals surface area contributed by atoms with E-state index < -0.39 is 12.0 Å². The SMILES string of the molecule is O=C1C[C@H](C(=O)N(Cc2ccco2)[C@H](C(=O)NC2CCCC2)c2ccncc2)CS1. The van der Waals surface area contributed by atoms with E-state index in [1.54, 1.807) is 47.8 Å². The minimum Gasteiger partial charge on any atom is -0.467 e. The summed E-state index contributed by atoms with van der Waals surface area (Å²) in [6.45, 7) is 0.159. The maximum absolute atomic E-state index is 13.5. The van der Waals surface area contributed by atoms with E-state index in [-0.39, 0.29) is 35.9 Å². The first-order chi connectivity index (χ1) is 14.6. The lowest BCUT2D eigenvalue weighted by Gasteiger charge is -2.33. The molecule has 3 heterocycles. The summed E-state index contributed by atoms with van der Waals surface area (Å²) in [5, 5.41) is 3.15. The first-order valence-corrected chi connectivity index (χ1v) is 11.3. The molecule has 2 atom stereocenters. The predicted octanol–water partition coefficient (Wildman–Crippen LogP) is 3.08. The molecule has 0 spiro atoms. The van der Waals surface area contributed by atoms with Crippen molar-refractivity contribution < 1.29 is 18.8 Å². The summed E-state index contributed by atoms with van der Waals surface area (Å²) < 4.78 is 5.49. The number of hydrogen-bond acceptors (Lipinski definition) is 6. The zero-order valence-electron chi connectivity index (χ0n) is 16.7. The molecular weight excluding hydrogens is 402 g/mol. The fourth-order valence-corrected chi connectivity index (χ4v) is 5.11. The van der Waals surface area contributed by atoms with Crippen molar-refractivity contribution in [2.75, 3.05) is 5.75 Å². The van der Waals surface area contributed by atoms with Gasteiger partial charge in [0.1, 0.15) is 11.8 Å². The molecule has 4 rings (SSSR count). The van der Waals surface area contributed by atoms with E-state index in [1.807, 2.05) is 0 Å². The third-order valence-corrected chi connectivity index (χ3v) is 6.74. The van der Waals surface area contributed by atoms with Crippen molar-refractivity contribution in [1.29, 1.82) is 0 Å². The molecule has 30 heavy (non-hydrogen) atoms. The monoisotopic (exact) mass is 427 g/mol. The van der Waals surface area contributed by atoms with Gasteiger partial charge in [-0.2, -0.15) is 0 Å². The molecule has 0 bridgehead atoms. The van der Waals surface area contributed by atoms with Crippen LogP contribution in [0.15, 0.2) is 47.3 Å². The lowest BCUT2D eigenvalue weighted by atomic mass is 10.0. The van der Waals surface area contributed by atoms with Crippen molar-refractivity contribution in [3.05, 3.63) is 54.2 Å². The number of carbonyl (C=O) groups is 3. The second-order valence-corrected chi connectivity index (χ2v) is 8.88. The van der Waals surface area contributed by atoms with Gasteiger partial charge in [0, 0.05) is 30.6 Å². The van der Waals surface area contributed by atoms with Crippen molar-refractivity contribution >= 4 is 28.7 Å². The van der Waals surface area contributed by atoms with Gasteiger partial charge in [-0.3, -0.25) is 19.4 Å². The molecule has 1 saturated carbocycles. The van der Waals surface area contributed by atoms with E-state index in [9.17, 15) is 14.4 Å². The van der Waals surface area contributed by atoms with Gasteiger partial charge in [-0.1, -0.05) is 24.6 Å². The first-order valence-electron chi connectivity index (χ1n) is 10.3. The average molecular weight is 428 g/mol. The molecule has 1 aliphatic carbocycles. The van der Waals surface area contributed by atoms with E-state index in [1.165, 1.54) is 11.8 Å². The number of carbonyl (C=O) groups excluding carboxylic acids is 3. The quantitative estimate of drug-likeness (QED) is 0.730. The van der Waals surface area contributed by atoms with Gasteiger partial charge < -0.3 is 14.6 Å². The Kier molecular flexibility index (Phi) is 6.52. The van der Waals surface area contributed by atoms with Crippen LogP contribution in [0.1, 0.15) is 49.5 Å². The summed E-state index contributed by atoms with van der Waals surface area (Å²) in [6.07, 6.45) is 9.09. The zero-order chi connectivity index (χ0) is 20.9. The zero-order valence-corrected chi connectivity index (χ0v) is 17.5. The second-order valence-electron chi connectivity index (χ2n) is 7.80. The number of furan rings is 1. The molecule has 2 aliphatic rings. The Morgan fingerprint density at radius 3 is 2.63 bits per heavy atom. The molecular formula is C22H25N3O4S. The number of amides is 2. The van der Waals surface area contributed by atoms with Gasteiger partial charge in [0.15, 0.2) is 5.12 Å². The van der Waals surface area contributed by atoms with E-state index in [2.05, 4.69) is 10.3 Å². The van der Waals surface area contributed by atoms with Crippen molar-refractivity contribution in [2.45, 2.75) is 50.7 Å². The Hall–Kier alpha value is -2.61. The largest absolute Gasteiger partial charge is 0.467 e.